The highest BCUT2D eigenvalue weighted by atomic mass is 35.5. The van der Waals surface area contributed by atoms with Crippen LogP contribution in [-0.2, 0) is 13.1 Å². The van der Waals surface area contributed by atoms with E-state index in [-0.39, 0.29) is 5.56 Å². The number of ether oxygens (including phenoxy) is 1. The summed E-state index contributed by atoms with van der Waals surface area (Å²) in [6, 6.07) is 7.46. The number of H-pyrrole nitrogens is 1. The molecule has 1 aromatic carbocycles. The third-order valence-electron chi connectivity index (χ3n) is 7.58. The fourth-order valence-corrected chi connectivity index (χ4v) is 5.63. The average Bonchev–Trinajstić information content (AvgIpc) is 3.61. The minimum Gasteiger partial charge on any atom is -0.480 e. The van der Waals surface area contributed by atoms with Gasteiger partial charge in [0.2, 0.25) is 5.88 Å². The van der Waals surface area contributed by atoms with Crippen molar-refractivity contribution in [2.24, 2.45) is 0 Å². The van der Waals surface area contributed by atoms with Crippen LogP contribution < -0.4 is 15.0 Å². The second kappa shape index (κ2) is 13.3. The number of nitrogens with one attached hydrogen (secondary N) is 2. The molecule has 0 saturated carbocycles. The second-order valence-corrected chi connectivity index (χ2v) is 10.8. The number of aryl methyl sites for hydroxylation is 1. The maximum atomic E-state index is 11.6. The van der Waals surface area contributed by atoms with Crippen molar-refractivity contribution in [1.29, 1.82) is 0 Å². The highest BCUT2D eigenvalue weighted by Crippen LogP contribution is 2.38. The van der Waals surface area contributed by atoms with Gasteiger partial charge in [0.05, 0.1) is 23.4 Å². The van der Waals surface area contributed by atoms with Crippen LogP contribution in [0.3, 0.4) is 0 Å². The molecule has 0 spiro atoms. The molecule has 41 heavy (non-hydrogen) atoms. The number of carboxylic acid groups (broad SMARTS) is 1. The van der Waals surface area contributed by atoms with Crippen molar-refractivity contribution in [1.82, 2.24) is 35.2 Å². The van der Waals surface area contributed by atoms with Gasteiger partial charge >= 0.3 is 5.97 Å². The Kier molecular flexibility index (Phi) is 9.38. The number of hydrogen-bond acceptors (Lipinski definition) is 8. The molecule has 0 amide bonds. The van der Waals surface area contributed by atoms with Gasteiger partial charge in [-0.05, 0) is 50.7 Å². The quantitative estimate of drug-likeness (QED) is 0.199. The lowest BCUT2D eigenvalue weighted by molar-refractivity contribution is 0.0699. The zero-order valence-electron chi connectivity index (χ0n) is 23.6. The maximum Gasteiger partial charge on any atom is 0.337 e. The molecule has 5 rings (SSSR count). The second-order valence-electron chi connectivity index (χ2n) is 10.4. The fourth-order valence-electron chi connectivity index (χ4n) is 5.37. The molecule has 1 aliphatic heterocycles. The smallest absolute Gasteiger partial charge is 0.337 e. The van der Waals surface area contributed by atoms with Crippen LogP contribution in [0, 0.1) is 0 Å². The Morgan fingerprint density at radius 1 is 1.10 bits per heavy atom. The Bertz CT molecular complexity index is 1480. The minimum atomic E-state index is -0.994. The number of piperazine rings is 1. The average molecular weight is 581 g/mol. The van der Waals surface area contributed by atoms with Gasteiger partial charge in [-0.1, -0.05) is 29.7 Å². The van der Waals surface area contributed by atoms with E-state index in [9.17, 15) is 9.90 Å². The molecule has 3 N–H and O–H groups in total. The summed E-state index contributed by atoms with van der Waals surface area (Å²) >= 11 is 6.59. The van der Waals surface area contributed by atoms with E-state index in [1.165, 1.54) is 25.5 Å². The standard InChI is InChI=1S/C29H37ClN8O3/c1-31-17-20-19-38(35-34-20)10-6-4-3-5-9-36-11-13-37(14-12-36)27-8-7-21(28(33-27)41-2)22-15-23-24(29(39)40)18-32-26(23)16-25(22)30/h7-8,15-16,18-19,31-32H,3-6,9-14,17H2,1-2H3,(H,39,40). The normalized spacial score (nSPS) is 14.2. The number of nitrogens with zero attached hydrogens (tertiary/aromatic N) is 6. The van der Waals surface area contributed by atoms with Crippen LogP contribution >= 0.6 is 11.6 Å². The summed E-state index contributed by atoms with van der Waals surface area (Å²) in [7, 11) is 3.50. The van der Waals surface area contributed by atoms with E-state index in [0.717, 1.165) is 69.3 Å². The molecule has 12 heteroatoms. The van der Waals surface area contributed by atoms with Crippen LogP contribution in [0.1, 0.15) is 41.7 Å². The van der Waals surface area contributed by atoms with Crippen LogP contribution in [-0.4, -0.2) is 87.8 Å². The molecule has 218 valence electrons. The van der Waals surface area contributed by atoms with Crippen LogP contribution in [0.2, 0.25) is 5.02 Å². The molecule has 1 saturated heterocycles. The zero-order valence-corrected chi connectivity index (χ0v) is 24.3. The van der Waals surface area contributed by atoms with E-state index >= 15 is 0 Å². The molecule has 1 fully saturated rings. The lowest BCUT2D eigenvalue weighted by atomic mass is 10.0. The third kappa shape index (κ3) is 6.80. The van der Waals surface area contributed by atoms with E-state index in [1.54, 1.807) is 19.2 Å². The Morgan fingerprint density at radius 3 is 2.61 bits per heavy atom. The number of aromatic carboxylic acids is 1. The van der Waals surface area contributed by atoms with Crippen molar-refractivity contribution in [3.8, 4) is 17.0 Å². The summed E-state index contributed by atoms with van der Waals surface area (Å²) in [4.78, 5) is 24.2. The topological polar surface area (TPSA) is 124 Å². The Hall–Kier alpha value is -3.67. The lowest BCUT2D eigenvalue weighted by Gasteiger charge is -2.35. The Morgan fingerprint density at radius 2 is 1.88 bits per heavy atom. The van der Waals surface area contributed by atoms with Gasteiger partial charge in [-0.15, -0.1) is 5.10 Å². The zero-order chi connectivity index (χ0) is 28.8. The number of unbranched alkanes of at least 4 members (excludes halogenated alkanes) is 3. The van der Waals surface area contributed by atoms with Crippen molar-refractivity contribution in [3.63, 3.8) is 0 Å². The van der Waals surface area contributed by atoms with Gasteiger partial charge in [-0.25, -0.2) is 4.79 Å². The highest BCUT2D eigenvalue weighted by molar-refractivity contribution is 6.34. The highest BCUT2D eigenvalue weighted by Gasteiger charge is 2.21. The number of hydrogen-bond donors (Lipinski definition) is 3. The summed E-state index contributed by atoms with van der Waals surface area (Å²) in [6.45, 7) is 6.56. The molecule has 1 aliphatic rings. The predicted octanol–water partition coefficient (Wildman–Crippen LogP) is 4.28. The molecule has 0 atom stereocenters. The first kappa shape index (κ1) is 28.8. The summed E-state index contributed by atoms with van der Waals surface area (Å²) in [5.74, 6) is 0.329. The Labute approximate surface area is 244 Å². The van der Waals surface area contributed by atoms with Gasteiger partial charge in [-0.2, -0.15) is 4.98 Å². The van der Waals surface area contributed by atoms with Gasteiger partial charge < -0.3 is 25.0 Å². The van der Waals surface area contributed by atoms with E-state index in [4.69, 9.17) is 21.3 Å². The first-order chi connectivity index (χ1) is 20.0. The van der Waals surface area contributed by atoms with Crippen molar-refractivity contribution >= 4 is 34.3 Å². The number of fused-ring (bicyclic) bond motifs is 1. The number of halogens is 1. The van der Waals surface area contributed by atoms with Gasteiger partial charge in [0.1, 0.15) is 5.82 Å². The van der Waals surface area contributed by atoms with Gasteiger partial charge in [0, 0.05) is 73.7 Å². The van der Waals surface area contributed by atoms with E-state index in [2.05, 4.69) is 30.4 Å². The van der Waals surface area contributed by atoms with Crippen LogP contribution in [0.4, 0.5) is 5.82 Å². The van der Waals surface area contributed by atoms with E-state index < -0.39 is 5.97 Å². The van der Waals surface area contributed by atoms with Gasteiger partial charge in [0.15, 0.2) is 0 Å². The van der Waals surface area contributed by atoms with Crippen LogP contribution in [0.15, 0.2) is 36.7 Å². The number of carbonyl (C=O) groups is 1. The molecular weight excluding hydrogens is 544 g/mol. The Balaban J connectivity index is 1.12. The molecule has 4 aromatic rings. The summed E-state index contributed by atoms with van der Waals surface area (Å²) < 4.78 is 7.60. The molecule has 3 aromatic heterocycles. The first-order valence-electron chi connectivity index (χ1n) is 14.1. The van der Waals surface area contributed by atoms with Crippen molar-refractivity contribution < 1.29 is 14.6 Å². The lowest BCUT2D eigenvalue weighted by Crippen LogP contribution is -2.46. The number of rotatable bonds is 13. The largest absolute Gasteiger partial charge is 0.480 e. The molecule has 4 heterocycles. The number of aromatic nitrogens is 5. The molecule has 0 aliphatic carbocycles. The fraction of sp³-hybridized carbons (Fsp3) is 0.448. The number of carboxylic acids is 1. The SMILES string of the molecule is CNCc1cn(CCCCCCN2CCN(c3ccc(-c4cc5c(C(=O)O)c[nH]c5cc4Cl)c(OC)n3)CC2)nn1. The van der Waals surface area contributed by atoms with Crippen molar-refractivity contribution in [2.45, 2.75) is 38.8 Å². The van der Waals surface area contributed by atoms with E-state index in [1.807, 2.05) is 30.1 Å². The number of anilines is 1. The number of aromatic amines is 1. The van der Waals surface area contributed by atoms with E-state index in [0.29, 0.717) is 27.4 Å². The van der Waals surface area contributed by atoms with Crippen LogP contribution in [0.5, 0.6) is 5.88 Å². The molecular formula is C29H37ClN8O3. The molecule has 11 nitrogen and oxygen atoms in total. The molecule has 0 radical (unpaired) electrons. The minimum absolute atomic E-state index is 0.199. The summed E-state index contributed by atoms with van der Waals surface area (Å²) in [5, 5.41) is 22.1. The summed E-state index contributed by atoms with van der Waals surface area (Å²) in [5.41, 5.74) is 3.25. The first-order valence-corrected chi connectivity index (χ1v) is 14.4. The van der Waals surface area contributed by atoms with Crippen LogP contribution in [0.25, 0.3) is 22.0 Å². The predicted molar refractivity (Wildman–Crippen MR) is 160 cm³/mol. The number of methoxy groups -OCH3 is 1. The monoisotopic (exact) mass is 580 g/mol. The van der Waals surface area contributed by atoms with Crippen molar-refractivity contribution in [3.05, 3.63) is 52.9 Å². The summed E-state index contributed by atoms with van der Waals surface area (Å²) in [6.07, 6.45) is 8.21. The van der Waals surface area contributed by atoms with Crippen molar-refractivity contribution in [2.75, 3.05) is 51.8 Å². The van der Waals surface area contributed by atoms with Gasteiger partial charge in [-0.3, -0.25) is 9.58 Å². The van der Waals surface area contributed by atoms with Gasteiger partial charge in [0.25, 0.3) is 0 Å². The molecule has 0 unspecified atom stereocenters. The number of pyridine rings is 1. The third-order valence-corrected chi connectivity index (χ3v) is 7.89. The number of benzene rings is 1. The maximum absolute atomic E-state index is 11.6. The molecule has 0 bridgehead atoms.